The largest absolute Gasteiger partial charge is 0.355 e. The third-order valence-corrected chi connectivity index (χ3v) is 8.36. The Morgan fingerprint density at radius 2 is 1.94 bits per heavy atom. The molecule has 0 bridgehead atoms. The average molecular weight is 457 g/mol. The molecule has 0 saturated heterocycles. The van der Waals surface area contributed by atoms with Crippen LogP contribution in [0.3, 0.4) is 0 Å². The molecule has 1 unspecified atom stereocenters. The fourth-order valence-corrected chi connectivity index (χ4v) is 5.95. The van der Waals surface area contributed by atoms with Gasteiger partial charge in [-0.3, -0.25) is 14.5 Å². The average Bonchev–Trinajstić information content (AvgIpc) is 3.43. The van der Waals surface area contributed by atoms with Crippen molar-refractivity contribution in [2.45, 2.75) is 57.4 Å². The van der Waals surface area contributed by atoms with Gasteiger partial charge >= 0.3 is 0 Å². The van der Waals surface area contributed by atoms with Crippen LogP contribution in [0.2, 0.25) is 0 Å². The Hall–Kier alpha value is -2.99. The molecule has 2 N–H and O–H groups in total. The molecule has 1 amide bonds. The van der Waals surface area contributed by atoms with Crippen LogP contribution in [-0.2, 0) is 12.8 Å². The molecule has 2 aromatic rings. The lowest BCUT2D eigenvalue weighted by Crippen LogP contribution is -2.36. The molecule has 2 heterocycles. The van der Waals surface area contributed by atoms with Crippen LogP contribution in [0.25, 0.3) is 11.1 Å². The molecule has 6 rings (SSSR count). The summed E-state index contributed by atoms with van der Waals surface area (Å²) >= 11 is 0. The number of carbonyl (C=O) groups excluding carboxylic acids is 1. The van der Waals surface area contributed by atoms with Crippen LogP contribution in [0.1, 0.15) is 71.5 Å². The summed E-state index contributed by atoms with van der Waals surface area (Å²) in [5, 5.41) is 2.67. The summed E-state index contributed by atoms with van der Waals surface area (Å²) in [4.78, 5) is 35.2. The van der Waals surface area contributed by atoms with Crippen molar-refractivity contribution in [3.8, 4) is 0 Å². The fraction of sp³-hybridized carbons (Fsp3) is 0.464. The first-order valence-electron chi connectivity index (χ1n) is 12.6. The molecule has 34 heavy (non-hydrogen) atoms. The summed E-state index contributed by atoms with van der Waals surface area (Å²) in [6.45, 7) is 1.92. The third-order valence-electron chi connectivity index (χ3n) is 8.36. The maximum atomic E-state index is 12.8. The molecule has 1 atom stereocenters. The van der Waals surface area contributed by atoms with E-state index in [1.165, 1.54) is 36.0 Å². The number of hydrogen-bond acceptors (Lipinski definition) is 4. The van der Waals surface area contributed by atoms with E-state index in [9.17, 15) is 9.59 Å². The van der Waals surface area contributed by atoms with Gasteiger partial charge in [0.15, 0.2) is 0 Å². The molecule has 3 aliphatic carbocycles. The summed E-state index contributed by atoms with van der Waals surface area (Å²) in [6, 6.07) is 8.26. The zero-order valence-corrected chi connectivity index (χ0v) is 19.8. The highest BCUT2D eigenvalue weighted by molar-refractivity contribution is 5.94. The standard InChI is InChI=1S/C28H32N4O2/c1-29-26(33)20-4-2-18(3-5-20)19-9-14-32(15-10-19)22-7-6-21(16-22)25-30-24-8-11-28(12-13-28)17-23(24)27(34)31-25/h2-5,9,16,22H,6-8,10-15,17H2,1H3,(H,29,33)(H,30,31,34). The summed E-state index contributed by atoms with van der Waals surface area (Å²) in [5.74, 6) is 0.739. The van der Waals surface area contributed by atoms with Gasteiger partial charge in [0.05, 0.1) is 5.69 Å². The van der Waals surface area contributed by atoms with E-state index in [1.54, 1.807) is 7.05 Å². The maximum Gasteiger partial charge on any atom is 0.254 e. The lowest BCUT2D eigenvalue weighted by atomic mass is 9.84. The molecule has 0 radical (unpaired) electrons. The van der Waals surface area contributed by atoms with E-state index < -0.39 is 0 Å². The highest BCUT2D eigenvalue weighted by atomic mass is 16.1. The Morgan fingerprint density at radius 3 is 2.65 bits per heavy atom. The van der Waals surface area contributed by atoms with Crippen LogP contribution in [-0.4, -0.2) is 47.0 Å². The topological polar surface area (TPSA) is 78.1 Å². The fourth-order valence-electron chi connectivity index (χ4n) is 5.95. The van der Waals surface area contributed by atoms with Crippen molar-refractivity contribution >= 4 is 17.1 Å². The normalized spacial score (nSPS) is 23.3. The third kappa shape index (κ3) is 3.94. The Kier molecular flexibility index (Phi) is 5.29. The van der Waals surface area contributed by atoms with Crippen LogP contribution in [0.15, 0.2) is 41.2 Å². The van der Waals surface area contributed by atoms with Crippen LogP contribution in [0.4, 0.5) is 0 Å². The van der Waals surface area contributed by atoms with E-state index >= 15 is 0 Å². The van der Waals surface area contributed by atoms with Crippen molar-refractivity contribution in [2.24, 2.45) is 5.41 Å². The zero-order valence-electron chi connectivity index (χ0n) is 19.8. The number of rotatable bonds is 4. The number of hydrogen-bond donors (Lipinski definition) is 2. The van der Waals surface area contributed by atoms with Gasteiger partial charge in [0.2, 0.25) is 0 Å². The first kappa shape index (κ1) is 21.5. The highest BCUT2D eigenvalue weighted by Gasteiger charge is 2.45. The number of aromatic nitrogens is 2. The number of nitrogens with one attached hydrogen (secondary N) is 2. The van der Waals surface area contributed by atoms with E-state index in [-0.39, 0.29) is 11.5 Å². The summed E-state index contributed by atoms with van der Waals surface area (Å²) in [6.07, 6.45) is 13.3. The minimum atomic E-state index is -0.0548. The van der Waals surface area contributed by atoms with Crippen molar-refractivity contribution in [1.29, 1.82) is 0 Å². The number of allylic oxidation sites excluding steroid dienone is 1. The molecule has 1 fully saturated rings. The van der Waals surface area contributed by atoms with Crippen molar-refractivity contribution in [3.05, 3.63) is 75.0 Å². The molecular weight excluding hydrogens is 424 g/mol. The molecule has 1 saturated carbocycles. The van der Waals surface area contributed by atoms with Gasteiger partial charge in [-0.05, 0) is 85.6 Å². The van der Waals surface area contributed by atoms with Gasteiger partial charge in [-0.15, -0.1) is 0 Å². The summed E-state index contributed by atoms with van der Waals surface area (Å²) in [7, 11) is 1.65. The summed E-state index contributed by atoms with van der Waals surface area (Å²) < 4.78 is 0. The second kappa shape index (κ2) is 8.35. The SMILES string of the molecule is CNC(=O)c1ccc(C2=CCN(C3C=C(c4nc5c(c(=O)[nH]4)CC4(CC5)CC4)CC3)CC2)cc1. The molecule has 1 aliphatic heterocycles. The van der Waals surface area contributed by atoms with Crippen LogP contribution in [0.5, 0.6) is 0 Å². The van der Waals surface area contributed by atoms with E-state index in [2.05, 4.69) is 27.4 Å². The van der Waals surface area contributed by atoms with E-state index in [1.807, 2.05) is 24.3 Å². The second-order valence-electron chi connectivity index (χ2n) is 10.4. The van der Waals surface area contributed by atoms with Gasteiger partial charge in [0.25, 0.3) is 11.5 Å². The zero-order chi connectivity index (χ0) is 23.3. The number of H-pyrrole nitrogens is 1. The van der Waals surface area contributed by atoms with Crippen LogP contribution >= 0.6 is 0 Å². The van der Waals surface area contributed by atoms with Gasteiger partial charge in [-0.1, -0.05) is 24.3 Å². The Balaban J connectivity index is 1.14. The predicted molar refractivity (Wildman–Crippen MR) is 134 cm³/mol. The lowest BCUT2D eigenvalue weighted by Gasteiger charge is -2.31. The minimum absolute atomic E-state index is 0.0548. The smallest absolute Gasteiger partial charge is 0.254 e. The minimum Gasteiger partial charge on any atom is -0.355 e. The quantitative estimate of drug-likeness (QED) is 0.735. The molecule has 1 aromatic heterocycles. The van der Waals surface area contributed by atoms with E-state index in [0.717, 1.165) is 62.3 Å². The predicted octanol–water partition coefficient (Wildman–Crippen LogP) is 3.73. The monoisotopic (exact) mass is 456 g/mol. The Morgan fingerprint density at radius 1 is 1.12 bits per heavy atom. The molecule has 6 nitrogen and oxygen atoms in total. The highest BCUT2D eigenvalue weighted by Crippen LogP contribution is 2.53. The first-order valence-corrected chi connectivity index (χ1v) is 12.6. The van der Waals surface area contributed by atoms with Crippen molar-refractivity contribution in [3.63, 3.8) is 0 Å². The van der Waals surface area contributed by atoms with Gasteiger partial charge in [-0.2, -0.15) is 0 Å². The number of aromatic amines is 1. The van der Waals surface area contributed by atoms with Crippen LogP contribution < -0.4 is 10.9 Å². The maximum absolute atomic E-state index is 12.8. The second-order valence-corrected chi connectivity index (χ2v) is 10.4. The van der Waals surface area contributed by atoms with Crippen LogP contribution in [0, 0.1) is 5.41 Å². The van der Waals surface area contributed by atoms with E-state index in [0.29, 0.717) is 17.0 Å². The first-order chi connectivity index (χ1) is 16.5. The van der Waals surface area contributed by atoms with Crippen molar-refractivity contribution < 1.29 is 4.79 Å². The number of amides is 1. The van der Waals surface area contributed by atoms with Crippen molar-refractivity contribution in [1.82, 2.24) is 20.2 Å². The Labute approximate surface area is 200 Å². The Bertz CT molecular complexity index is 1250. The molecule has 6 heteroatoms. The lowest BCUT2D eigenvalue weighted by molar-refractivity contribution is 0.0963. The number of fused-ring (bicyclic) bond motifs is 1. The molecule has 4 aliphatic rings. The van der Waals surface area contributed by atoms with Gasteiger partial charge in [0.1, 0.15) is 5.82 Å². The summed E-state index contributed by atoms with van der Waals surface area (Å²) in [5.41, 5.74) is 6.91. The number of benzene rings is 1. The van der Waals surface area contributed by atoms with Gasteiger partial charge in [-0.25, -0.2) is 4.98 Å². The van der Waals surface area contributed by atoms with Crippen molar-refractivity contribution in [2.75, 3.05) is 20.1 Å². The molecule has 176 valence electrons. The number of nitrogens with zero attached hydrogens (tertiary/aromatic N) is 2. The van der Waals surface area contributed by atoms with Gasteiger partial charge in [0, 0.05) is 37.3 Å². The van der Waals surface area contributed by atoms with E-state index in [4.69, 9.17) is 4.98 Å². The molecule has 1 spiro atoms. The number of carbonyl (C=O) groups is 1. The molecule has 1 aromatic carbocycles. The van der Waals surface area contributed by atoms with Gasteiger partial charge < -0.3 is 10.3 Å². The molecular formula is C28H32N4O2. The number of aryl methyl sites for hydroxylation is 1.